The summed E-state index contributed by atoms with van der Waals surface area (Å²) in [5.74, 6) is 0.560. The number of aromatic nitrogens is 2. The van der Waals surface area contributed by atoms with Crippen LogP contribution in [0.2, 0.25) is 0 Å². The van der Waals surface area contributed by atoms with Gasteiger partial charge in [-0.05, 0) is 50.6 Å². The van der Waals surface area contributed by atoms with Crippen molar-refractivity contribution in [2.24, 2.45) is 5.92 Å². The SMILES string of the molecule is CNCC1CCCN(C(=O)c2n[nH]c3ccc(Br)cc23)C1. The predicted molar refractivity (Wildman–Crippen MR) is 86.3 cm³/mol. The third-order valence-corrected chi connectivity index (χ3v) is 4.52. The number of carbonyl (C=O) groups excluding carboxylic acids is 1. The molecule has 1 fully saturated rings. The van der Waals surface area contributed by atoms with Gasteiger partial charge in [-0.15, -0.1) is 0 Å². The summed E-state index contributed by atoms with van der Waals surface area (Å²) in [6.45, 7) is 2.58. The van der Waals surface area contributed by atoms with Gasteiger partial charge in [-0.3, -0.25) is 9.89 Å². The van der Waals surface area contributed by atoms with Gasteiger partial charge < -0.3 is 10.2 Å². The van der Waals surface area contributed by atoms with Gasteiger partial charge in [0.05, 0.1) is 5.52 Å². The molecule has 0 spiro atoms. The van der Waals surface area contributed by atoms with Crippen molar-refractivity contribution in [3.05, 3.63) is 28.4 Å². The molecule has 0 aliphatic carbocycles. The van der Waals surface area contributed by atoms with Gasteiger partial charge in [0.1, 0.15) is 0 Å². The van der Waals surface area contributed by atoms with Crippen LogP contribution in [0, 0.1) is 5.92 Å². The van der Waals surface area contributed by atoms with Gasteiger partial charge in [-0.25, -0.2) is 0 Å². The first-order valence-corrected chi connectivity index (χ1v) is 8.06. The molecule has 2 heterocycles. The number of nitrogens with zero attached hydrogens (tertiary/aromatic N) is 2. The van der Waals surface area contributed by atoms with Crippen molar-refractivity contribution >= 4 is 32.7 Å². The standard InChI is InChI=1S/C15H19BrN4O/c1-17-8-10-3-2-6-20(9-10)15(21)14-12-7-11(16)4-5-13(12)18-19-14/h4-5,7,10,17H,2-3,6,8-9H2,1H3,(H,18,19). The normalized spacial score (nSPS) is 19.1. The molecule has 1 amide bonds. The van der Waals surface area contributed by atoms with Crippen molar-refractivity contribution in [2.45, 2.75) is 12.8 Å². The molecular formula is C15H19BrN4O. The second-order valence-corrected chi connectivity index (χ2v) is 6.49. The zero-order chi connectivity index (χ0) is 14.8. The zero-order valence-corrected chi connectivity index (χ0v) is 13.6. The molecule has 6 heteroatoms. The molecule has 1 aliphatic heterocycles. The Kier molecular flexibility index (Phi) is 4.26. The van der Waals surface area contributed by atoms with Crippen molar-refractivity contribution in [1.29, 1.82) is 0 Å². The maximum absolute atomic E-state index is 12.7. The Hall–Kier alpha value is -1.40. The molecule has 1 aliphatic rings. The fraction of sp³-hybridized carbons (Fsp3) is 0.467. The minimum atomic E-state index is 0.0279. The summed E-state index contributed by atoms with van der Waals surface area (Å²) >= 11 is 3.45. The summed E-state index contributed by atoms with van der Waals surface area (Å²) in [5, 5.41) is 11.3. The van der Waals surface area contributed by atoms with Crippen LogP contribution in [0.1, 0.15) is 23.3 Å². The first kappa shape index (κ1) is 14.5. The molecule has 0 radical (unpaired) electrons. The van der Waals surface area contributed by atoms with Crippen molar-refractivity contribution in [1.82, 2.24) is 20.4 Å². The number of fused-ring (bicyclic) bond motifs is 1. The highest BCUT2D eigenvalue weighted by molar-refractivity contribution is 9.10. The second kappa shape index (κ2) is 6.15. The number of amides is 1. The number of likely N-dealkylation sites (tertiary alicyclic amines) is 1. The molecule has 21 heavy (non-hydrogen) atoms. The fourth-order valence-electron chi connectivity index (χ4n) is 3.00. The van der Waals surface area contributed by atoms with Gasteiger partial charge in [0.25, 0.3) is 5.91 Å². The van der Waals surface area contributed by atoms with Crippen LogP contribution in [-0.4, -0.2) is 47.7 Å². The van der Waals surface area contributed by atoms with Crippen LogP contribution in [0.3, 0.4) is 0 Å². The maximum atomic E-state index is 12.7. The van der Waals surface area contributed by atoms with E-state index in [1.807, 2.05) is 30.1 Å². The molecule has 2 aromatic rings. The van der Waals surface area contributed by atoms with E-state index in [0.29, 0.717) is 11.6 Å². The largest absolute Gasteiger partial charge is 0.337 e. The van der Waals surface area contributed by atoms with Crippen LogP contribution in [0.15, 0.2) is 22.7 Å². The van der Waals surface area contributed by atoms with Crippen LogP contribution >= 0.6 is 15.9 Å². The number of hydrogen-bond acceptors (Lipinski definition) is 3. The number of halogens is 1. The number of rotatable bonds is 3. The average Bonchev–Trinajstić information content (AvgIpc) is 2.90. The summed E-state index contributed by atoms with van der Waals surface area (Å²) < 4.78 is 0.956. The quantitative estimate of drug-likeness (QED) is 0.893. The van der Waals surface area contributed by atoms with Gasteiger partial charge in [0.15, 0.2) is 5.69 Å². The van der Waals surface area contributed by atoms with Crippen molar-refractivity contribution in [3.8, 4) is 0 Å². The Morgan fingerprint density at radius 2 is 2.43 bits per heavy atom. The Bertz CT molecular complexity index is 652. The molecule has 2 N–H and O–H groups in total. The lowest BCUT2D eigenvalue weighted by Crippen LogP contribution is -2.42. The summed E-state index contributed by atoms with van der Waals surface area (Å²) in [6, 6.07) is 5.82. The summed E-state index contributed by atoms with van der Waals surface area (Å²) in [7, 11) is 1.96. The molecule has 0 bridgehead atoms. The zero-order valence-electron chi connectivity index (χ0n) is 12.0. The molecule has 5 nitrogen and oxygen atoms in total. The Balaban J connectivity index is 1.84. The third-order valence-electron chi connectivity index (χ3n) is 4.03. The summed E-state index contributed by atoms with van der Waals surface area (Å²) in [6.07, 6.45) is 2.24. The van der Waals surface area contributed by atoms with Gasteiger partial charge in [-0.2, -0.15) is 5.10 Å². The highest BCUT2D eigenvalue weighted by Gasteiger charge is 2.26. The number of nitrogens with one attached hydrogen (secondary N) is 2. The van der Waals surface area contributed by atoms with E-state index < -0.39 is 0 Å². The number of carbonyl (C=O) groups is 1. The van der Waals surface area contributed by atoms with Gasteiger partial charge in [-0.1, -0.05) is 15.9 Å². The Morgan fingerprint density at radius 1 is 1.57 bits per heavy atom. The van der Waals surface area contributed by atoms with Crippen LogP contribution in [0.5, 0.6) is 0 Å². The summed E-state index contributed by atoms with van der Waals surface area (Å²) in [4.78, 5) is 14.7. The van der Waals surface area contributed by atoms with E-state index in [2.05, 4.69) is 31.4 Å². The van der Waals surface area contributed by atoms with E-state index in [9.17, 15) is 4.79 Å². The lowest BCUT2D eigenvalue weighted by atomic mass is 9.97. The third kappa shape index (κ3) is 2.96. The van der Waals surface area contributed by atoms with E-state index in [4.69, 9.17) is 0 Å². The fourth-order valence-corrected chi connectivity index (χ4v) is 3.36. The van der Waals surface area contributed by atoms with Gasteiger partial charge in [0.2, 0.25) is 0 Å². The Morgan fingerprint density at radius 3 is 3.24 bits per heavy atom. The predicted octanol–water partition coefficient (Wildman–Crippen LogP) is 2.40. The van der Waals surface area contributed by atoms with Crippen molar-refractivity contribution in [2.75, 3.05) is 26.7 Å². The molecule has 1 aromatic carbocycles. The van der Waals surface area contributed by atoms with Crippen molar-refractivity contribution in [3.63, 3.8) is 0 Å². The molecule has 0 saturated carbocycles. The highest BCUT2D eigenvalue weighted by Crippen LogP contribution is 2.24. The van der Waals surface area contributed by atoms with Crippen LogP contribution in [0.25, 0.3) is 10.9 Å². The monoisotopic (exact) mass is 350 g/mol. The van der Waals surface area contributed by atoms with E-state index >= 15 is 0 Å². The van der Waals surface area contributed by atoms with Crippen LogP contribution in [-0.2, 0) is 0 Å². The molecule has 112 valence electrons. The smallest absolute Gasteiger partial charge is 0.275 e. The number of hydrogen-bond donors (Lipinski definition) is 2. The first-order chi connectivity index (χ1) is 10.2. The number of aromatic amines is 1. The average molecular weight is 351 g/mol. The molecule has 1 atom stereocenters. The van der Waals surface area contributed by atoms with E-state index in [0.717, 1.165) is 41.4 Å². The van der Waals surface area contributed by atoms with Crippen molar-refractivity contribution < 1.29 is 4.79 Å². The van der Waals surface area contributed by atoms with Crippen LogP contribution < -0.4 is 5.32 Å². The molecule has 3 rings (SSSR count). The number of H-pyrrole nitrogens is 1. The Labute approximate surface area is 132 Å². The molecule has 1 aromatic heterocycles. The number of benzene rings is 1. The minimum Gasteiger partial charge on any atom is -0.337 e. The van der Waals surface area contributed by atoms with E-state index in [1.165, 1.54) is 6.42 Å². The summed E-state index contributed by atoms with van der Waals surface area (Å²) in [5.41, 5.74) is 1.42. The maximum Gasteiger partial charge on any atom is 0.275 e. The van der Waals surface area contributed by atoms with Gasteiger partial charge in [0, 0.05) is 22.9 Å². The molecule has 1 unspecified atom stereocenters. The minimum absolute atomic E-state index is 0.0279. The van der Waals surface area contributed by atoms with Gasteiger partial charge >= 0.3 is 0 Å². The highest BCUT2D eigenvalue weighted by atomic mass is 79.9. The lowest BCUT2D eigenvalue weighted by Gasteiger charge is -2.32. The van der Waals surface area contributed by atoms with E-state index in [-0.39, 0.29) is 5.91 Å². The van der Waals surface area contributed by atoms with E-state index in [1.54, 1.807) is 0 Å². The number of piperidine rings is 1. The molecule has 1 saturated heterocycles. The molecular weight excluding hydrogens is 332 g/mol. The first-order valence-electron chi connectivity index (χ1n) is 7.26. The second-order valence-electron chi connectivity index (χ2n) is 5.58. The topological polar surface area (TPSA) is 61.0 Å². The lowest BCUT2D eigenvalue weighted by molar-refractivity contribution is 0.0670. The van der Waals surface area contributed by atoms with Crippen LogP contribution in [0.4, 0.5) is 0 Å².